The van der Waals surface area contributed by atoms with Crippen molar-refractivity contribution < 1.29 is 42.6 Å². The molecule has 15 heteroatoms. The van der Waals surface area contributed by atoms with Gasteiger partial charge in [0.2, 0.25) is 11.8 Å². The first-order valence-electron chi connectivity index (χ1n) is 17.5. The Morgan fingerprint density at radius 2 is 1.71 bits per heavy atom. The number of benzene rings is 2. The second-order valence-electron chi connectivity index (χ2n) is 13.8. The van der Waals surface area contributed by atoms with Crippen molar-refractivity contribution in [3.8, 4) is 5.75 Å². The van der Waals surface area contributed by atoms with E-state index < -0.39 is 54.7 Å². The molecule has 52 heavy (non-hydrogen) atoms. The second kappa shape index (κ2) is 14.7. The number of carbonyl (C=O) groups excluding carboxylic acids is 5. The molecule has 0 spiro atoms. The van der Waals surface area contributed by atoms with Crippen LogP contribution in [0.25, 0.3) is 0 Å². The fourth-order valence-electron chi connectivity index (χ4n) is 7.89. The van der Waals surface area contributed by atoms with E-state index in [-0.39, 0.29) is 42.1 Å². The van der Waals surface area contributed by atoms with Crippen molar-refractivity contribution in [2.45, 2.75) is 56.6 Å². The minimum Gasteiger partial charge on any atom is -0.488 e. The zero-order valence-corrected chi connectivity index (χ0v) is 29.2. The molecule has 12 nitrogen and oxygen atoms in total. The Labute approximate surface area is 302 Å². The summed E-state index contributed by atoms with van der Waals surface area (Å²) in [5.74, 6) is -6.85. The number of amides is 5. The number of halogens is 2. The van der Waals surface area contributed by atoms with Crippen LogP contribution in [0.5, 0.6) is 5.75 Å². The first kappa shape index (κ1) is 35.6. The molecule has 0 radical (unpaired) electrons. The van der Waals surface area contributed by atoms with Gasteiger partial charge < -0.3 is 25.0 Å². The summed E-state index contributed by atoms with van der Waals surface area (Å²) in [5.41, 5.74) is 3.66. The Morgan fingerprint density at radius 3 is 2.40 bits per heavy atom. The number of hydrogen-bond acceptors (Lipinski definition) is 9. The number of likely N-dealkylation sites (tertiary alicyclic amines) is 1. The minimum absolute atomic E-state index is 0.130. The van der Waals surface area contributed by atoms with Gasteiger partial charge in [0, 0.05) is 36.9 Å². The first-order valence-corrected chi connectivity index (χ1v) is 18.4. The van der Waals surface area contributed by atoms with E-state index in [0.717, 1.165) is 10.5 Å². The average Bonchev–Trinajstić information content (AvgIpc) is 3.92. The fourth-order valence-corrected chi connectivity index (χ4v) is 8.48. The van der Waals surface area contributed by atoms with Crippen molar-refractivity contribution in [1.29, 1.82) is 0 Å². The molecule has 2 aromatic carbocycles. The van der Waals surface area contributed by atoms with E-state index in [1.54, 1.807) is 45.6 Å². The average molecular weight is 736 g/mol. The quantitative estimate of drug-likeness (QED) is 0.300. The van der Waals surface area contributed by atoms with Crippen LogP contribution >= 0.6 is 11.3 Å². The Bertz CT molecular complexity index is 1840. The largest absolute Gasteiger partial charge is 0.488 e. The summed E-state index contributed by atoms with van der Waals surface area (Å²) in [7, 11) is 0. The van der Waals surface area contributed by atoms with E-state index in [2.05, 4.69) is 10.3 Å². The summed E-state index contributed by atoms with van der Waals surface area (Å²) in [6.45, 7) is -1.59. The van der Waals surface area contributed by atoms with Gasteiger partial charge in [-0.05, 0) is 43.0 Å². The second-order valence-corrected chi connectivity index (χ2v) is 14.7. The van der Waals surface area contributed by atoms with E-state index >= 15 is 0 Å². The zero-order chi connectivity index (χ0) is 36.6. The van der Waals surface area contributed by atoms with Gasteiger partial charge in [0.1, 0.15) is 23.3 Å². The number of nitrogens with zero attached hydrogens (tertiary/aromatic N) is 4. The number of carbonyl (C=O) groups is 5. The van der Waals surface area contributed by atoms with E-state index in [0.29, 0.717) is 67.8 Å². The predicted octanol–water partition coefficient (Wildman–Crippen LogP) is 3.71. The number of aromatic nitrogens is 1. The van der Waals surface area contributed by atoms with Gasteiger partial charge in [-0.15, -0.1) is 11.3 Å². The van der Waals surface area contributed by atoms with Gasteiger partial charge in [0.05, 0.1) is 48.5 Å². The molecule has 274 valence electrons. The molecule has 1 saturated heterocycles. The van der Waals surface area contributed by atoms with Gasteiger partial charge in [0.15, 0.2) is 0 Å². The molecule has 1 aromatic heterocycles. The van der Waals surface area contributed by atoms with Crippen molar-refractivity contribution in [2.75, 3.05) is 39.3 Å². The minimum atomic E-state index is -3.50. The molecular weight excluding hydrogens is 696 g/mol. The molecule has 0 unspecified atom stereocenters. The highest BCUT2D eigenvalue weighted by atomic mass is 32.1. The topological polar surface area (TPSA) is 149 Å². The number of fused-ring (bicyclic) bond motifs is 2. The van der Waals surface area contributed by atoms with Crippen molar-refractivity contribution in [3.05, 3.63) is 81.3 Å². The van der Waals surface area contributed by atoms with Crippen LogP contribution in [0.2, 0.25) is 0 Å². The zero-order valence-electron chi connectivity index (χ0n) is 28.3. The number of imide groups is 1. The van der Waals surface area contributed by atoms with Gasteiger partial charge in [-0.3, -0.25) is 33.9 Å². The highest BCUT2D eigenvalue weighted by molar-refractivity contribution is 7.11. The van der Waals surface area contributed by atoms with E-state index in [1.165, 1.54) is 17.5 Å². The molecule has 7 rings (SSSR count). The number of aliphatic hydroxyl groups is 1. The summed E-state index contributed by atoms with van der Waals surface area (Å²) in [6, 6.07) is 11.3. The molecule has 1 saturated carbocycles. The van der Waals surface area contributed by atoms with Crippen LogP contribution in [0.4, 0.5) is 8.78 Å². The maximum Gasteiger partial charge on any atom is 0.287 e. The van der Waals surface area contributed by atoms with Crippen LogP contribution in [0.1, 0.15) is 79.7 Å². The summed E-state index contributed by atoms with van der Waals surface area (Å²) in [4.78, 5) is 77.3. The maximum absolute atomic E-state index is 14.7. The van der Waals surface area contributed by atoms with Crippen LogP contribution in [-0.4, -0.2) is 106 Å². The third-order valence-corrected chi connectivity index (χ3v) is 11.3. The van der Waals surface area contributed by atoms with Crippen molar-refractivity contribution in [1.82, 2.24) is 25.0 Å². The normalized spacial score (nSPS) is 23.0. The lowest BCUT2D eigenvalue weighted by molar-refractivity contribution is -0.147. The van der Waals surface area contributed by atoms with E-state index in [1.807, 2.05) is 12.1 Å². The highest BCUT2D eigenvalue weighted by Gasteiger charge is 2.46. The number of rotatable bonds is 10. The van der Waals surface area contributed by atoms with Crippen LogP contribution in [0.3, 0.4) is 0 Å². The predicted molar refractivity (Wildman–Crippen MR) is 184 cm³/mol. The van der Waals surface area contributed by atoms with E-state index in [4.69, 9.17) is 9.84 Å². The summed E-state index contributed by atoms with van der Waals surface area (Å²) in [5, 5.41) is 11.2. The fraction of sp³-hybridized carbons (Fsp3) is 0.459. The van der Waals surface area contributed by atoms with Gasteiger partial charge >= 0.3 is 0 Å². The lowest BCUT2D eigenvalue weighted by atomic mass is 9.77. The Kier molecular flexibility index (Phi) is 10.1. The van der Waals surface area contributed by atoms with Gasteiger partial charge in [0.25, 0.3) is 23.6 Å². The molecule has 0 bridgehead atoms. The van der Waals surface area contributed by atoms with Crippen molar-refractivity contribution >= 4 is 40.9 Å². The summed E-state index contributed by atoms with van der Waals surface area (Å²) < 4.78 is 34.3. The molecule has 2 N–H and O–H groups in total. The smallest absolute Gasteiger partial charge is 0.287 e. The molecule has 3 aromatic rings. The van der Waals surface area contributed by atoms with E-state index in [9.17, 15) is 32.8 Å². The van der Waals surface area contributed by atoms with Crippen molar-refractivity contribution in [3.63, 3.8) is 0 Å². The van der Waals surface area contributed by atoms with Crippen LogP contribution in [0.15, 0.2) is 54.2 Å². The van der Waals surface area contributed by atoms with Gasteiger partial charge in [-0.1, -0.05) is 37.1 Å². The number of alkyl halides is 2. The third kappa shape index (κ3) is 6.90. The Balaban J connectivity index is 1.19. The van der Waals surface area contributed by atoms with Crippen LogP contribution in [0, 0.1) is 11.8 Å². The number of hydrogen-bond donors (Lipinski definition) is 2. The van der Waals surface area contributed by atoms with Gasteiger partial charge in [-0.25, -0.2) is 8.78 Å². The molecule has 4 heterocycles. The van der Waals surface area contributed by atoms with Crippen LogP contribution < -0.4 is 10.1 Å². The Hall–Kier alpha value is -4.76. The monoisotopic (exact) mass is 735 g/mol. The molecule has 5 amide bonds. The molecule has 4 aliphatic rings. The lowest BCUT2D eigenvalue weighted by Gasteiger charge is -2.43. The molecule has 4 atom stereocenters. The lowest BCUT2D eigenvalue weighted by Crippen LogP contribution is -2.52. The standard InChI is InChI=1S/C37H39F2N5O7S/c38-37(39,20-45)19-41-32(46)24-7-1-2-8-25(24)33(47)43-15-12-22-6-5-11-29(51-23-13-14-42(17-23)36(50)30-16-40-21-52-30)31(22)28(43)18-44-34(48)26-9-3-4-10-27(26)35(44)49/h3-6,9-11,16,21,23-25,28,45H,1-2,7-8,12-15,17-20H2,(H,41,46)/t23-,24-,25+,28+/m0/s1. The Morgan fingerprint density at radius 1 is 0.981 bits per heavy atom. The molecule has 1 aliphatic carbocycles. The first-order chi connectivity index (χ1) is 25.1. The molecular formula is C37H39F2N5O7S. The SMILES string of the molecule is O=C(NCC(F)(F)CO)[C@H]1CCCC[C@H]1C(=O)N1CCc2cccc(O[C@H]3CCN(C(=O)c4cncs4)C3)c2[C@H]1CN1C(=O)c2ccccc2C1=O. The van der Waals surface area contributed by atoms with Gasteiger partial charge in [-0.2, -0.15) is 0 Å². The number of nitrogens with one attached hydrogen (secondary N) is 1. The highest BCUT2D eigenvalue weighted by Crippen LogP contribution is 2.42. The maximum atomic E-state index is 14.7. The molecule has 2 fully saturated rings. The summed E-state index contributed by atoms with van der Waals surface area (Å²) in [6.07, 6.45) is 4.16. The number of aliphatic hydroxyl groups excluding tert-OH is 1. The summed E-state index contributed by atoms with van der Waals surface area (Å²) >= 11 is 1.27. The number of thiazole rings is 1. The number of ether oxygens (including phenoxy) is 1. The van der Waals surface area contributed by atoms with Crippen LogP contribution in [-0.2, 0) is 16.0 Å². The van der Waals surface area contributed by atoms with Crippen molar-refractivity contribution in [2.24, 2.45) is 11.8 Å². The molecule has 3 aliphatic heterocycles. The third-order valence-electron chi connectivity index (χ3n) is 10.5.